The van der Waals surface area contributed by atoms with Gasteiger partial charge in [-0.25, -0.2) is 4.79 Å². The zero-order valence-electron chi connectivity index (χ0n) is 12.7. The van der Waals surface area contributed by atoms with Crippen molar-refractivity contribution in [3.8, 4) is 0 Å². The molecule has 0 spiro atoms. The molecule has 0 N–H and O–H groups in total. The summed E-state index contributed by atoms with van der Waals surface area (Å²) < 4.78 is 22.0. The van der Waals surface area contributed by atoms with Crippen LogP contribution in [-0.2, 0) is 18.9 Å². The lowest BCUT2D eigenvalue weighted by Gasteiger charge is -2.21. The molecule has 4 atom stereocenters. The van der Waals surface area contributed by atoms with Gasteiger partial charge < -0.3 is 18.9 Å². The number of carbonyl (C=O) groups is 1. The maximum Gasteiger partial charge on any atom is 0.508 e. The quantitative estimate of drug-likeness (QED) is 0.571. The highest BCUT2D eigenvalue weighted by atomic mass is 35.5. The van der Waals surface area contributed by atoms with Gasteiger partial charge in [0.2, 0.25) is 0 Å². The maximum absolute atomic E-state index is 12.0. The molecule has 2 aliphatic rings. The molecule has 22 heavy (non-hydrogen) atoms. The number of halogens is 2. The molecule has 2 aliphatic heterocycles. The Morgan fingerprint density at radius 2 is 1.36 bits per heavy atom. The molecule has 0 aliphatic carbocycles. The summed E-state index contributed by atoms with van der Waals surface area (Å²) in [6.07, 6.45) is 3.40. The number of alkyl halides is 2. The first-order valence-corrected chi connectivity index (χ1v) is 9.00. The molecule has 0 aromatic rings. The second kappa shape index (κ2) is 9.81. The van der Waals surface area contributed by atoms with Crippen molar-refractivity contribution in [3.05, 3.63) is 0 Å². The van der Waals surface area contributed by atoms with E-state index in [0.717, 1.165) is 25.7 Å². The van der Waals surface area contributed by atoms with E-state index in [1.807, 2.05) is 0 Å². The summed E-state index contributed by atoms with van der Waals surface area (Å²) in [5.74, 6) is 0.818. The van der Waals surface area contributed by atoms with Gasteiger partial charge in [0.05, 0.1) is 12.2 Å². The minimum absolute atomic E-state index is 0.0612. The van der Waals surface area contributed by atoms with Crippen LogP contribution in [0.1, 0.15) is 38.5 Å². The fourth-order valence-electron chi connectivity index (χ4n) is 2.81. The molecule has 0 radical (unpaired) electrons. The highest BCUT2D eigenvalue weighted by Gasteiger charge is 2.27. The van der Waals surface area contributed by atoms with Gasteiger partial charge in [0.1, 0.15) is 12.2 Å². The van der Waals surface area contributed by atoms with Gasteiger partial charge in [-0.05, 0) is 25.7 Å². The third kappa shape index (κ3) is 6.11. The lowest BCUT2D eigenvalue weighted by atomic mass is 10.1. The van der Waals surface area contributed by atoms with E-state index >= 15 is 0 Å². The van der Waals surface area contributed by atoms with Crippen molar-refractivity contribution in [1.29, 1.82) is 0 Å². The number of hydrogen-bond acceptors (Lipinski definition) is 5. The summed E-state index contributed by atoms with van der Waals surface area (Å²) in [4.78, 5) is 12.0. The van der Waals surface area contributed by atoms with E-state index in [9.17, 15) is 4.79 Å². The summed E-state index contributed by atoms with van der Waals surface area (Å²) in [7, 11) is 0. The van der Waals surface area contributed by atoms with Gasteiger partial charge in [0.15, 0.2) is 0 Å². The van der Waals surface area contributed by atoms with Crippen LogP contribution in [0.25, 0.3) is 0 Å². The first-order chi connectivity index (χ1) is 10.7. The van der Waals surface area contributed by atoms with E-state index < -0.39 is 6.16 Å². The molecule has 0 aromatic heterocycles. The summed E-state index contributed by atoms with van der Waals surface area (Å²) in [5, 5.41) is 0. The van der Waals surface area contributed by atoms with Crippen LogP contribution in [0.4, 0.5) is 4.79 Å². The van der Waals surface area contributed by atoms with Crippen LogP contribution in [0, 0.1) is 0 Å². The normalized spacial score (nSPS) is 33.5. The van der Waals surface area contributed by atoms with Crippen LogP contribution in [0.3, 0.4) is 0 Å². The van der Waals surface area contributed by atoms with Crippen molar-refractivity contribution in [2.75, 3.05) is 25.0 Å². The summed E-state index contributed by atoms with van der Waals surface area (Å²) in [6, 6.07) is 0. The third-order valence-electron chi connectivity index (χ3n) is 3.97. The predicted octanol–water partition coefficient (Wildman–Crippen LogP) is 3.49. The topological polar surface area (TPSA) is 54.0 Å². The number of carbonyl (C=O) groups excluding carboxylic acids is 1. The Hall–Kier alpha value is -0.230. The molecule has 0 aromatic carbocycles. The number of ether oxygens (including phenoxy) is 4. The van der Waals surface area contributed by atoms with Gasteiger partial charge >= 0.3 is 6.16 Å². The monoisotopic (exact) mass is 354 g/mol. The van der Waals surface area contributed by atoms with E-state index in [4.69, 9.17) is 42.1 Å². The minimum Gasteiger partial charge on any atom is -0.431 e. The van der Waals surface area contributed by atoms with Crippen LogP contribution >= 0.6 is 23.2 Å². The molecule has 2 heterocycles. The Labute approximate surface area is 141 Å². The van der Waals surface area contributed by atoms with Gasteiger partial charge in [0.25, 0.3) is 0 Å². The van der Waals surface area contributed by atoms with Crippen LogP contribution in [0.2, 0.25) is 0 Å². The number of rotatable bonds is 4. The molecule has 0 saturated carbocycles. The van der Waals surface area contributed by atoms with Gasteiger partial charge in [0, 0.05) is 37.8 Å². The van der Waals surface area contributed by atoms with Gasteiger partial charge in [-0.15, -0.1) is 23.2 Å². The third-order valence-corrected chi connectivity index (χ3v) is 4.66. The van der Waals surface area contributed by atoms with Crippen LogP contribution in [0.5, 0.6) is 0 Å². The highest BCUT2D eigenvalue weighted by Crippen LogP contribution is 2.21. The summed E-state index contributed by atoms with van der Waals surface area (Å²) >= 11 is 11.7. The van der Waals surface area contributed by atoms with Crippen LogP contribution < -0.4 is 0 Å². The Bertz CT molecular complexity index is 312. The van der Waals surface area contributed by atoms with E-state index in [-0.39, 0.29) is 24.4 Å². The van der Waals surface area contributed by atoms with Crippen molar-refractivity contribution in [2.45, 2.75) is 62.9 Å². The van der Waals surface area contributed by atoms with Gasteiger partial charge in [-0.2, -0.15) is 0 Å². The van der Waals surface area contributed by atoms with Gasteiger partial charge in [-0.3, -0.25) is 0 Å². The Kier molecular flexibility index (Phi) is 8.08. The largest absolute Gasteiger partial charge is 0.508 e. The Morgan fingerprint density at radius 3 is 1.77 bits per heavy atom. The Morgan fingerprint density at radius 1 is 0.909 bits per heavy atom. The van der Waals surface area contributed by atoms with Crippen molar-refractivity contribution >= 4 is 29.4 Å². The van der Waals surface area contributed by atoms with Crippen molar-refractivity contribution < 1.29 is 23.7 Å². The van der Waals surface area contributed by atoms with Gasteiger partial charge in [-0.1, -0.05) is 0 Å². The second-order valence-electron chi connectivity index (χ2n) is 5.78. The Balaban J connectivity index is 1.78. The second-order valence-corrected chi connectivity index (χ2v) is 6.40. The SMILES string of the molecule is O=C(OC1CCCOC(CCl)C1)OC1CCCOC(CCl)C1. The molecule has 7 heteroatoms. The highest BCUT2D eigenvalue weighted by molar-refractivity contribution is 6.18. The lowest BCUT2D eigenvalue weighted by molar-refractivity contribution is -0.0216. The molecular weight excluding hydrogens is 331 g/mol. The lowest BCUT2D eigenvalue weighted by Crippen LogP contribution is -2.28. The minimum atomic E-state index is -0.611. The maximum atomic E-state index is 12.0. The predicted molar refractivity (Wildman–Crippen MR) is 83.8 cm³/mol. The zero-order valence-corrected chi connectivity index (χ0v) is 14.2. The molecule has 5 nitrogen and oxygen atoms in total. The average molecular weight is 355 g/mol. The number of hydrogen-bond donors (Lipinski definition) is 0. The average Bonchev–Trinajstić information content (AvgIpc) is 2.87. The standard InChI is InChI=1S/C15H24Cl2O5/c16-9-13-7-11(3-1-5-19-13)21-15(18)22-12-4-2-6-20-14(8-12)10-17/h11-14H,1-10H2. The van der Waals surface area contributed by atoms with Crippen molar-refractivity contribution in [3.63, 3.8) is 0 Å². The summed E-state index contributed by atoms with van der Waals surface area (Å²) in [5.41, 5.74) is 0. The molecule has 128 valence electrons. The van der Waals surface area contributed by atoms with E-state index in [1.54, 1.807) is 0 Å². The summed E-state index contributed by atoms with van der Waals surface area (Å²) in [6.45, 7) is 1.31. The molecule has 2 saturated heterocycles. The van der Waals surface area contributed by atoms with Crippen LogP contribution in [0.15, 0.2) is 0 Å². The molecule has 0 bridgehead atoms. The smallest absolute Gasteiger partial charge is 0.431 e. The zero-order chi connectivity index (χ0) is 15.8. The van der Waals surface area contributed by atoms with E-state index in [0.29, 0.717) is 37.8 Å². The van der Waals surface area contributed by atoms with E-state index in [1.165, 1.54) is 0 Å². The fourth-order valence-corrected chi connectivity index (χ4v) is 3.24. The van der Waals surface area contributed by atoms with Crippen LogP contribution in [-0.4, -0.2) is 55.5 Å². The van der Waals surface area contributed by atoms with Crippen molar-refractivity contribution in [2.24, 2.45) is 0 Å². The molecular formula is C15H24Cl2O5. The molecule has 4 unspecified atom stereocenters. The van der Waals surface area contributed by atoms with E-state index in [2.05, 4.69) is 0 Å². The first-order valence-electron chi connectivity index (χ1n) is 7.93. The molecule has 2 rings (SSSR count). The molecule has 0 amide bonds. The fraction of sp³-hybridized carbons (Fsp3) is 0.933. The van der Waals surface area contributed by atoms with Crippen molar-refractivity contribution in [1.82, 2.24) is 0 Å². The first kappa shape index (κ1) is 18.1. The molecule has 2 fully saturated rings.